The lowest BCUT2D eigenvalue weighted by molar-refractivity contribution is 0.315. The van der Waals surface area contributed by atoms with E-state index in [2.05, 4.69) is 41.2 Å². The van der Waals surface area contributed by atoms with Gasteiger partial charge in [0.1, 0.15) is 6.26 Å². The molecular formula is C18H17ClN2O. The van der Waals surface area contributed by atoms with Crippen LogP contribution in [0.4, 0.5) is 0 Å². The molecule has 3 rings (SSSR count). The van der Waals surface area contributed by atoms with Crippen LogP contribution in [0.5, 0.6) is 0 Å². The molecule has 0 amide bonds. The van der Waals surface area contributed by atoms with Crippen LogP contribution in [0.2, 0.25) is 5.02 Å². The molecule has 0 aliphatic carbocycles. The van der Waals surface area contributed by atoms with Crippen molar-refractivity contribution in [3.8, 4) is 11.5 Å². The normalized spacial score (nSPS) is 11.0. The molecule has 3 nitrogen and oxygen atoms in total. The fourth-order valence-corrected chi connectivity index (χ4v) is 2.58. The molecule has 1 heterocycles. The SMILES string of the molecule is CN(Cc1ccccc1)Cc1coc(-c2ccccc2Cl)n1. The Labute approximate surface area is 135 Å². The Bertz CT molecular complexity index is 740. The predicted octanol–water partition coefficient (Wildman–Crippen LogP) is 4.63. The summed E-state index contributed by atoms with van der Waals surface area (Å²) in [5.41, 5.74) is 2.99. The van der Waals surface area contributed by atoms with Crippen LogP contribution in [0.3, 0.4) is 0 Å². The molecule has 22 heavy (non-hydrogen) atoms. The molecule has 0 atom stereocenters. The van der Waals surface area contributed by atoms with Crippen LogP contribution in [0, 0.1) is 0 Å². The summed E-state index contributed by atoms with van der Waals surface area (Å²) in [7, 11) is 2.07. The number of aromatic nitrogens is 1. The lowest BCUT2D eigenvalue weighted by Crippen LogP contribution is -2.17. The molecule has 112 valence electrons. The molecule has 0 radical (unpaired) electrons. The minimum Gasteiger partial charge on any atom is -0.444 e. The minimum absolute atomic E-state index is 0.564. The van der Waals surface area contributed by atoms with Gasteiger partial charge in [0.15, 0.2) is 0 Å². The van der Waals surface area contributed by atoms with Crippen molar-refractivity contribution in [2.75, 3.05) is 7.05 Å². The van der Waals surface area contributed by atoms with Crippen molar-refractivity contribution < 1.29 is 4.42 Å². The Balaban J connectivity index is 1.68. The zero-order valence-corrected chi connectivity index (χ0v) is 13.1. The highest BCUT2D eigenvalue weighted by Gasteiger charge is 2.11. The van der Waals surface area contributed by atoms with Gasteiger partial charge >= 0.3 is 0 Å². The van der Waals surface area contributed by atoms with Gasteiger partial charge in [0.2, 0.25) is 5.89 Å². The largest absolute Gasteiger partial charge is 0.444 e. The monoisotopic (exact) mass is 312 g/mol. The first kappa shape index (κ1) is 14.8. The van der Waals surface area contributed by atoms with Gasteiger partial charge < -0.3 is 4.42 Å². The van der Waals surface area contributed by atoms with E-state index in [9.17, 15) is 0 Å². The zero-order valence-electron chi connectivity index (χ0n) is 12.4. The number of benzene rings is 2. The van der Waals surface area contributed by atoms with Gasteiger partial charge in [0, 0.05) is 13.1 Å². The smallest absolute Gasteiger partial charge is 0.227 e. The fourth-order valence-electron chi connectivity index (χ4n) is 2.37. The third kappa shape index (κ3) is 3.56. The van der Waals surface area contributed by atoms with Gasteiger partial charge in [-0.15, -0.1) is 0 Å². The van der Waals surface area contributed by atoms with Crippen LogP contribution in [-0.2, 0) is 13.1 Å². The van der Waals surface area contributed by atoms with Crippen molar-refractivity contribution in [1.29, 1.82) is 0 Å². The lowest BCUT2D eigenvalue weighted by Gasteiger charge is -2.14. The molecule has 0 aliphatic heterocycles. The Hall–Kier alpha value is -2.10. The maximum Gasteiger partial charge on any atom is 0.227 e. The Morgan fingerprint density at radius 1 is 1.00 bits per heavy atom. The summed E-state index contributed by atoms with van der Waals surface area (Å²) in [6.07, 6.45) is 1.69. The first-order chi connectivity index (χ1) is 10.7. The van der Waals surface area contributed by atoms with Crippen molar-refractivity contribution >= 4 is 11.6 Å². The second-order valence-electron chi connectivity index (χ2n) is 5.28. The van der Waals surface area contributed by atoms with E-state index in [-0.39, 0.29) is 0 Å². The van der Waals surface area contributed by atoms with Crippen molar-refractivity contribution in [3.63, 3.8) is 0 Å². The van der Waals surface area contributed by atoms with Crippen LogP contribution < -0.4 is 0 Å². The third-order valence-corrected chi connectivity index (χ3v) is 3.71. The molecule has 1 aromatic heterocycles. The van der Waals surface area contributed by atoms with Crippen LogP contribution in [0.1, 0.15) is 11.3 Å². The van der Waals surface area contributed by atoms with Gasteiger partial charge in [-0.2, -0.15) is 0 Å². The quantitative estimate of drug-likeness (QED) is 0.688. The minimum atomic E-state index is 0.564. The Morgan fingerprint density at radius 2 is 1.73 bits per heavy atom. The second kappa shape index (κ2) is 6.77. The topological polar surface area (TPSA) is 29.3 Å². The second-order valence-corrected chi connectivity index (χ2v) is 5.69. The maximum absolute atomic E-state index is 6.17. The van der Waals surface area contributed by atoms with Gasteiger partial charge in [-0.25, -0.2) is 4.98 Å². The van der Waals surface area contributed by atoms with Crippen molar-refractivity contribution in [1.82, 2.24) is 9.88 Å². The number of halogens is 1. The van der Waals surface area contributed by atoms with Crippen LogP contribution in [0.25, 0.3) is 11.5 Å². The highest BCUT2D eigenvalue weighted by atomic mass is 35.5. The molecule has 0 aliphatic rings. The van der Waals surface area contributed by atoms with E-state index in [0.29, 0.717) is 10.9 Å². The van der Waals surface area contributed by atoms with E-state index in [4.69, 9.17) is 16.0 Å². The maximum atomic E-state index is 6.17. The first-order valence-corrected chi connectivity index (χ1v) is 7.52. The van der Waals surface area contributed by atoms with Gasteiger partial charge in [0.25, 0.3) is 0 Å². The number of hydrogen-bond acceptors (Lipinski definition) is 3. The van der Waals surface area contributed by atoms with Crippen LogP contribution in [0.15, 0.2) is 65.3 Å². The van der Waals surface area contributed by atoms with E-state index in [0.717, 1.165) is 24.3 Å². The average Bonchev–Trinajstić information content (AvgIpc) is 2.97. The Morgan fingerprint density at radius 3 is 2.50 bits per heavy atom. The average molecular weight is 313 g/mol. The molecular weight excluding hydrogens is 296 g/mol. The van der Waals surface area contributed by atoms with E-state index in [1.165, 1.54) is 5.56 Å². The number of hydrogen-bond donors (Lipinski definition) is 0. The number of oxazole rings is 1. The molecule has 3 aromatic rings. The van der Waals surface area contributed by atoms with Crippen molar-refractivity contribution in [2.24, 2.45) is 0 Å². The lowest BCUT2D eigenvalue weighted by atomic mass is 10.2. The fraction of sp³-hybridized carbons (Fsp3) is 0.167. The van der Waals surface area contributed by atoms with Gasteiger partial charge in [-0.3, -0.25) is 4.90 Å². The van der Waals surface area contributed by atoms with Gasteiger partial charge in [-0.05, 0) is 24.7 Å². The van der Waals surface area contributed by atoms with Crippen LogP contribution >= 0.6 is 11.6 Å². The summed E-state index contributed by atoms with van der Waals surface area (Å²) in [5, 5.41) is 0.647. The van der Waals surface area contributed by atoms with E-state index < -0.39 is 0 Å². The van der Waals surface area contributed by atoms with Gasteiger partial charge in [-0.1, -0.05) is 54.1 Å². The number of nitrogens with zero attached hydrogens (tertiary/aromatic N) is 2. The summed E-state index contributed by atoms with van der Waals surface area (Å²) < 4.78 is 5.56. The predicted molar refractivity (Wildman–Crippen MR) is 88.6 cm³/mol. The molecule has 0 fully saturated rings. The molecule has 0 saturated carbocycles. The Kier molecular flexibility index (Phi) is 4.56. The van der Waals surface area contributed by atoms with Crippen molar-refractivity contribution in [3.05, 3.63) is 77.1 Å². The van der Waals surface area contributed by atoms with E-state index in [1.807, 2.05) is 30.3 Å². The highest BCUT2D eigenvalue weighted by Crippen LogP contribution is 2.26. The summed E-state index contributed by atoms with van der Waals surface area (Å²) >= 11 is 6.17. The number of rotatable bonds is 5. The third-order valence-electron chi connectivity index (χ3n) is 3.38. The van der Waals surface area contributed by atoms with E-state index in [1.54, 1.807) is 6.26 Å². The molecule has 0 unspecified atom stereocenters. The van der Waals surface area contributed by atoms with Crippen LogP contribution in [-0.4, -0.2) is 16.9 Å². The summed E-state index contributed by atoms with van der Waals surface area (Å²) in [4.78, 5) is 6.73. The summed E-state index contributed by atoms with van der Waals surface area (Å²) in [6, 6.07) is 17.9. The molecule has 0 N–H and O–H groups in total. The standard InChI is InChI=1S/C18H17ClN2O/c1-21(11-14-7-3-2-4-8-14)12-15-13-22-18(20-15)16-9-5-6-10-17(16)19/h2-10,13H,11-12H2,1H3. The van der Waals surface area contributed by atoms with Crippen molar-refractivity contribution in [2.45, 2.75) is 13.1 Å². The molecule has 0 saturated heterocycles. The highest BCUT2D eigenvalue weighted by molar-refractivity contribution is 6.33. The molecule has 0 bridgehead atoms. The first-order valence-electron chi connectivity index (χ1n) is 7.14. The van der Waals surface area contributed by atoms with E-state index >= 15 is 0 Å². The zero-order chi connectivity index (χ0) is 15.4. The molecule has 0 spiro atoms. The molecule has 4 heteroatoms. The summed E-state index contributed by atoms with van der Waals surface area (Å²) in [6.45, 7) is 1.60. The van der Waals surface area contributed by atoms with Gasteiger partial charge in [0.05, 0.1) is 16.3 Å². The molecule has 2 aromatic carbocycles. The summed E-state index contributed by atoms with van der Waals surface area (Å²) in [5.74, 6) is 0.564.